The summed E-state index contributed by atoms with van der Waals surface area (Å²) in [5.41, 5.74) is -1.17. The standard InChI is InChI=1S/C41H57N3O8S/c1-7-29-22-41(29,38(48)43-53(49,50)52-40(6)16-17-40)24-35(46)34-21-31(51-36-32-14-13-26(2)19-28(32)15-18-42-36)25-44(34)37(47)33(27-11-9-8-10-12-27)20-30(45)23-39(3,4)5/h13-15,18-19,27,29,31,33-34H,7-12,16-17,20-25H2,1-6H3,(H,43,48)/t29-,31-,33+,34+,41-/m1/s1. The Morgan fingerprint density at radius 1 is 1.08 bits per heavy atom. The molecule has 5 atom stereocenters. The molecule has 0 spiro atoms. The summed E-state index contributed by atoms with van der Waals surface area (Å²) in [6.07, 6.45) is 8.44. The first-order valence-electron chi connectivity index (χ1n) is 19.6. The number of aromatic nitrogens is 1. The number of aryl methyl sites for hydroxylation is 1. The van der Waals surface area contributed by atoms with Crippen LogP contribution in [0, 0.1) is 35.5 Å². The van der Waals surface area contributed by atoms with Crippen molar-refractivity contribution in [3.05, 3.63) is 36.0 Å². The Labute approximate surface area is 314 Å². The molecule has 1 saturated heterocycles. The number of ketones is 2. The van der Waals surface area contributed by atoms with Crippen molar-refractivity contribution < 1.29 is 36.5 Å². The molecule has 2 aromatic rings. The zero-order valence-corrected chi connectivity index (χ0v) is 33.1. The molecule has 3 aliphatic carbocycles. The number of fused-ring (bicyclic) bond motifs is 1. The molecular formula is C41H57N3O8S. The van der Waals surface area contributed by atoms with Crippen LogP contribution in [-0.4, -0.2) is 66.0 Å². The molecule has 11 nitrogen and oxygen atoms in total. The van der Waals surface area contributed by atoms with E-state index in [0.29, 0.717) is 38.0 Å². The van der Waals surface area contributed by atoms with Crippen molar-refractivity contribution in [1.82, 2.24) is 14.6 Å². The van der Waals surface area contributed by atoms with Gasteiger partial charge in [0.1, 0.15) is 11.9 Å². The molecule has 6 rings (SSSR count). The second-order valence-corrected chi connectivity index (χ2v) is 19.1. The first kappa shape index (κ1) is 39.3. The molecule has 0 bridgehead atoms. The lowest BCUT2D eigenvalue weighted by Gasteiger charge is -2.34. The van der Waals surface area contributed by atoms with Gasteiger partial charge in [-0.3, -0.25) is 19.2 Å². The Bertz CT molecular complexity index is 1840. The summed E-state index contributed by atoms with van der Waals surface area (Å²) in [6, 6.07) is 6.99. The van der Waals surface area contributed by atoms with Crippen molar-refractivity contribution in [1.29, 1.82) is 0 Å². The van der Waals surface area contributed by atoms with E-state index in [9.17, 15) is 27.6 Å². The number of ether oxygens (including phenoxy) is 1. The molecule has 3 saturated carbocycles. The molecule has 1 aromatic carbocycles. The number of likely N-dealkylation sites (tertiary alicyclic amines) is 1. The number of hydrogen-bond acceptors (Lipinski definition) is 9. The molecule has 1 aromatic heterocycles. The SMILES string of the molecule is CC[C@@H]1C[C@]1(CC(=O)[C@@H]1C[C@@H](Oc2nccc3cc(C)ccc23)CN1C(=O)[C@@H](CC(=O)CC(C)(C)C)C1CCCCC1)C(=O)NS(=O)(=O)OC1(C)CC1. The molecule has 1 N–H and O–H groups in total. The van der Waals surface area contributed by atoms with E-state index in [0.717, 1.165) is 48.4 Å². The van der Waals surface area contributed by atoms with Crippen LogP contribution >= 0.6 is 0 Å². The average Bonchev–Trinajstić information content (AvgIpc) is 3.94. The third-order valence-corrected chi connectivity index (χ3v) is 13.0. The highest BCUT2D eigenvalue weighted by atomic mass is 32.2. The van der Waals surface area contributed by atoms with Crippen LogP contribution in [0.3, 0.4) is 0 Å². The number of carbonyl (C=O) groups excluding carboxylic acids is 4. The Balaban J connectivity index is 1.28. The molecule has 290 valence electrons. The van der Waals surface area contributed by atoms with Crippen molar-refractivity contribution >= 4 is 44.5 Å². The fourth-order valence-corrected chi connectivity index (χ4v) is 9.92. The first-order chi connectivity index (χ1) is 24.9. The van der Waals surface area contributed by atoms with Gasteiger partial charge in [-0.25, -0.2) is 13.9 Å². The summed E-state index contributed by atoms with van der Waals surface area (Å²) in [6.45, 7) is 11.8. The minimum Gasteiger partial charge on any atom is -0.472 e. The van der Waals surface area contributed by atoms with Gasteiger partial charge in [-0.2, -0.15) is 8.42 Å². The van der Waals surface area contributed by atoms with Crippen molar-refractivity contribution in [2.75, 3.05) is 6.54 Å². The topological polar surface area (TPSA) is 149 Å². The highest BCUT2D eigenvalue weighted by Crippen LogP contribution is 2.58. The monoisotopic (exact) mass is 751 g/mol. The highest BCUT2D eigenvalue weighted by molar-refractivity contribution is 7.85. The smallest absolute Gasteiger partial charge is 0.362 e. The van der Waals surface area contributed by atoms with Crippen LogP contribution in [0.25, 0.3) is 10.8 Å². The molecule has 12 heteroatoms. The summed E-state index contributed by atoms with van der Waals surface area (Å²) in [5.74, 6) is -1.55. The summed E-state index contributed by atoms with van der Waals surface area (Å²) >= 11 is 0. The van der Waals surface area contributed by atoms with E-state index >= 15 is 0 Å². The molecule has 0 unspecified atom stereocenters. The number of nitrogens with zero attached hydrogens (tertiary/aromatic N) is 2. The third kappa shape index (κ3) is 9.30. The number of pyridine rings is 1. The Kier molecular flexibility index (Phi) is 11.2. The number of rotatable bonds is 15. The number of amides is 2. The van der Waals surface area contributed by atoms with Gasteiger partial charge in [-0.15, -0.1) is 0 Å². The zero-order valence-electron chi connectivity index (χ0n) is 32.2. The molecular weight excluding hydrogens is 695 g/mol. The Morgan fingerprint density at radius 3 is 2.43 bits per heavy atom. The van der Waals surface area contributed by atoms with Gasteiger partial charge in [0.25, 0.3) is 0 Å². The van der Waals surface area contributed by atoms with Crippen molar-refractivity contribution in [2.45, 2.75) is 143 Å². The molecule has 2 amide bonds. The molecule has 4 aliphatic rings. The predicted molar refractivity (Wildman–Crippen MR) is 201 cm³/mol. The van der Waals surface area contributed by atoms with Gasteiger partial charge in [-0.1, -0.05) is 71.1 Å². The van der Waals surface area contributed by atoms with E-state index in [1.165, 1.54) is 0 Å². The summed E-state index contributed by atoms with van der Waals surface area (Å²) in [4.78, 5) is 62.7. The summed E-state index contributed by atoms with van der Waals surface area (Å²) in [7, 11) is -4.38. The van der Waals surface area contributed by atoms with Crippen LogP contribution in [0.1, 0.15) is 124 Å². The maximum absolute atomic E-state index is 14.8. The number of hydrogen-bond donors (Lipinski definition) is 1. The summed E-state index contributed by atoms with van der Waals surface area (Å²) < 4.78 is 39.6. The number of Topliss-reactive ketones (excluding diaryl/α,β-unsaturated/α-hetero) is 2. The lowest BCUT2D eigenvalue weighted by Crippen LogP contribution is -2.48. The van der Waals surface area contributed by atoms with Gasteiger partial charge >= 0.3 is 10.3 Å². The largest absolute Gasteiger partial charge is 0.472 e. The lowest BCUT2D eigenvalue weighted by molar-refractivity contribution is -0.145. The predicted octanol–water partition coefficient (Wildman–Crippen LogP) is 6.79. The van der Waals surface area contributed by atoms with Gasteiger partial charge in [-0.05, 0) is 80.7 Å². The maximum Gasteiger partial charge on any atom is 0.362 e. The van der Waals surface area contributed by atoms with Crippen molar-refractivity contribution in [3.8, 4) is 5.88 Å². The number of nitrogens with one attached hydrogen (secondary N) is 1. The average molecular weight is 752 g/mol. The molecule has 1 aliphatic heterocycles. The van der Waals surface area contributed by atoms with E-state index in [2.05, 4.69) is 9.71 Å². The number of benzene rings is 1. The van der Waals surface area contributed by atoms with Crippen LogP contribution in [0.4, 0.5) is 0 Å². The molecule has 4 fully saturated rings. The van der Waals surface area contributed by atoms with Crippen molar-refractivity contribution in [3.63, 3.8) is 0 Å². The van der Waals surface area contributed by atoms with E-state index in [-0.39, 0.29) is 60.5 Å². The van der Waals surface area contributed by atoms with Crippen LogP contribution in [0.2, 0.25) is 0 Å². The minimum absolute atomic E-state index is 0.0300. The highest BCUT2D eigenvalue weighted by Gasteiger charge is 2.62. The molecule has 0 radical (unpaired) electrons. The fraction of sp³-hybridized carbons (Fsp3) is 0.683. The quantitative estimate of drug-likeness (QED) is 0.208. The second-order valence-electron chi connectivity index (χ2n) is 17.8. The fourth-order valence-electron chi connectivity index (χ4n) is 8.75. The second kappa shape index (κ2) is 15.0. The normalized spacial score (nSPS) is 26.2. The van der Waals surface area contributed by atoms with Gasteiger partial charge in [0, 0.05) is 43.2 Å². The van der Waals surface area contributed by atoms with E-state index in [1.807, 2.05) is 58.9 Å². The lowest BCUT2D eigenvalue weighted by atomic mass is 9.75. The van der Waals surface area contributed by atoms with Crippen LogP contribution in [0.15, 0.2) is 30.5 Å². The van der Waals surface area contributed by atoms with Gasteiger partial charge < -0.3 is 9.64 Å². The molecule has 53 heavy (non-hydrogen) atoms. The molecule has 2 heterocycles. The van der Waals surface area contributed by atoms with Crippen molar-refractivity contribution in [2.24, 2.45) is 28.6 Å². The van der Waals surface area contributed by atoms with Gasteiger partial charge in [0.05, 0.1) is 23.6 Å². The minimum atomic E-state index is -4.38. The zero-order chi connectivity index (χ0) is 38.3. The Hall–Kier alpha value is -3.38. The summed E-state index contributed by atoms with van der Waals surface area (Å²) in [5, 5.41) is 1.78. The number of carbonyl (C=O) groups is 4. The first-order valence-corrected chi connectivity index (χ1v) is 21.0. The third-order valence-electron chi connectivity index (χ3n) is 11.9. The van der Waals surface area contributed by atoms with Crippen LogP contribution in [0.5, 0.6) is 5.88 Å². The van der Waals surface area contributed by atoms with Gasteiger partial charge in [0.15, 0.2) is 5.78 Å². The van der Waals surface area contributed by atoms with Gasteiger partial charge in [0.2, 0.25) is 17.7 Å². The van der Waals surface area contributed by atoms with E-state index < -0.39 is 45.3 Å². The van der Waals surface area contributed by atoms with Crippen LogP contribution < -0.4 is 9.46 Å². The Morgan fingerprint density at radius 2 is 1.79 bits per heavy atom. The van der Waals surface area contributed by atoms with E-state index in [1.54, 1.807) is 18.0 Å². The van der Waals surface area contributed by atoms with E-state index in [4.69, 9.17) is 8.92 Å². The van der Waals surface area contributed by atoms with Crippen LogP contribution in [-0.2, 0) is 33.7 Å². The maximum atomic E-state index is 14.8.